The van der Waals surface area contributed by atoms with Crippen molar-refractivity contribution in [1.29, 1.82) is 0 Å². The Balaban J connectivity index is 1.92. The fourth-order valence-corrected chi connectivity index (χ4v) is 2.54. The van der Waals surface area contributed by atoms with Crippen LogP contribution in [-0.4, -0.2) is 45.5 Å². The monoisotopic (exact) mass is 323 g/mol. The Labute approximate surface area is 133 Å². The van der Waals surface area contributed by atoms with Crippen molar-refractivity contribution >= 4 is 11.9 Å². The molecule has 0 aromatic carbocycles. The van der Waals surface area contributed by atoms with Gasteiger partial charge in [-0.1, -0.05) is 12.8 Å². The van der Waals surface area contributed by atoms with Gasteiger partial charge in [-0.25, -0.2) is 4.79 Å². The molecule has 126 valence electrons. The molecule has 0 unspecified atom stereocenters. The number of aromatic amines is 1. The van der Waals surface area contributed by atoms with E-state index in [4.69, 9.17) is 4.74 Å². The minimum Gasteiger partial charge on any atom is -0.451 e. The third-order valence-corrected chi connectivity index (χ3v) is 3.77. The van der Waals surface area contributed by atoms with Crippen LogP contribution in [0.1, 0.15) is 32.6 Å². The molecule has 1 aliphatic rings. The minimum atomic E-state index is -0.890. The van der Waals surface area contributed by atoms with Gasteiger partial charge in [-0.2, -0.15) is 0 Å². The zero-order chi connectivity index (χ0) is 16.8. The molecular weight excluding hydrogens is 302 g/mol. The standard InChI is InChI=1S/C15H21N3O5/c1-11(14(21)17-7-4-2-3-5-8-17)23-13(20)10-18-9-6-12(19)16-15(18)22/h6,9,11H,2-5,7-8,10H2,1H3,(H,16,19,22)/t11-/m0/s1. The first-order valence-corrected chi connectivity index (χ1v) is 7.75. The molecular formula is C15H21N3O5. The van der Waals surface area contributed by atoms with Gasteiger partial charge in [0, 0.05) is 25.4 Å². The maximum Gasteiger partial charge on any atom is 0.328 e. The Hall–Kier alpha value is -2.38. The number of hydrogen-bond donors (Lipinski definition) is 1. The van der Waals surface area contributed by atoms with Crippen LogP contribution in [0.25, 0.3) is 0 Å². The maximum atomic E-state index is 12.3. The number of nitrogens with zero attached hydrogens (tertiary/aromatic N) is 2. The lowest BCUT2D eigenvalue weighted by Crippen LogP contribution is -2.41. The van der Waals surface area contributed by atoms with Gasteiger partial charge >= 0.3 is 11.7 Å². The topological polar surface area (TPSA) is 101 Å². The second-order valence-corrected chi connectivity index (χ2v) is 5.61. The summed E-state index contributed by atoms with van der Waals surface area (Å²) in [5.41, 5.74) is -1.23. The Morgan fingerprint density at radius 3 is 2.48 bits per heavy atom. The fourth-order valence-electron chi connectivity index (χ4n) is 2.54. The molecule has 1 aromatic heterocycles. The van der Waals surface area contributed by atoms with Crippen molar-refractivity contribution in [1.82, 2.24) is 14.5 Å². The molecule has 1 amide bonds. The summed E-state index contributed by atoms with van der Waals surface area (Å²) in [6.07, 6.45) is 4.45. The number of nitrogens with one attached hydrogen (secondary N) is 1. The molecule has 1 aromatic rings. The van der Waals surface area contributed by atoms with Gasteiger partial charge in [0.1, 0.15) is 6.54 Å². The normalized spacial score (nSPS) is 16.5. The van der Waals surface area contributed by atoms with Crippen molar-refractivity contribution in [2.45, 2.75) is 45.3 Å². The molecule has 2 heterocycles. The van der Waals surface area contributed by atoms with E-state index in [-0.39, 0.29) is 12.5 Å². The largest absolute Gasteiger partial charge is 0.451 e. The molecule has 23 heavy (non-hydrogen) atoms. The Morgan fingerprint density at radius 1 is 1.22 bits per heavy atom. The van der Waals surface area contributed by atoms with Crippen LogP contribution in [0.4, 0.5) is 0 Å². The summed E-state index contributed by atoms with van der Waals surface area (Å²) in [7, 11) is 0. The van der Waals surface area contributed by atoms with E-state index in [2.05, 4.69) is 0 Å². The summed E-state index contributed by atoms with van der Waals surface area (Å²) in [5.74, 6) is -0.913. The molecule has 8 nitrogen and oxygen atoms in total. The van der Waals surface area contributed by atoms with Gasteiger partial charge in [-0.05, 0) is 19.8 Å². The number of hydrogen-bond acceptors (Lipinski definition) is 5. The van der Waals surface area contributed by atoms with Gasteiger partial charge in [0.2, 0.25) is 0 Å². The zero-order valence-electron chi connectivity index (χ0n) is 13.1. The average Bonchev–Trinajstić information content (AvgIpc) is 2.78. The van der Waals surface area contributed by atoms with Crippen molar-refractivity contribution in [2.75, 3.05) is 13.1 Å². The third kappa shape index (κ3) is 4.80. The smallest absolute Gasteiger partial charge is 0.328 e. The Morgan fingerprint density at radius 2 is 1.87 bits per heavy atom. The van der Waals surface area contributed by atoms with Gasteiger partial charge in [-0.15, -0.1) is 0 Å². The van der Waals surface area contributed by atoms with Crippen molar-refractivity contribution in [2.24, 2.45) is 0 Å². The molecule has 1 atom stereocenters. The summed E-state index contributed by atoms with van der Waals surface area (Å²) in [4.78, 5) is 50.4. The molecule has 1 N–H and O–H groups in total. The highest BCUT2D eigenvalue weighted by molar-refractivity contribution is 5.83. The number of H-pyrrole nitrogens is 1. The van der Waals surface area contributed by atoms with Gasteiger partial charge in [0.05, 0.1) is 0 Å². The predicted molar refractivity (Wildman–Crippen MR) is 81.9 cm³/mol. The number of aromatic nitrogens is 2. The molecule has 0 spiro atoms. The van der Waals surface area contributed by atoms with Crippen LogP contribution >= 0.6 is 0 Å². The summed E-state index contributed by atoms with van der Waals surface area (Å²) in [6, 6.07) is 1.14. The zero-order valence-corrected chi connectivity index (χ0v) is 13.1. The van der Waals surface area contributed by atoms with Gasteiger partial charge in [0.15, 0.2) is 6.10 Å². The maximum absolute atomic E-state index is 12.3. The van der Waals surface area contributed by atoms with E-state index in [9.17, 15) is 19.2 Å². The summed E-state index contributed by atoms with van der Waals surface area (Å²) < 4.78 is 6.13. The van der Waals surface area contributed by atoms with Crippen LogP contribution < -0.4 is 11.2 Å². The van der Waals surface area contributed by atoms with Crippen molar-refractivity contribution < 1.29 is 14.3 Å². The van der Waals surface area contributed by atoms with E-state index in [0.717, 1.165) is 36.3 Å². The highest BCUT2D eigenvalue weighted by atomic mass is 16.5. The van der Waals surface area contributed by atoms with Crippen LogP contribution in [0.15, 0.2) is 21.9 Å². The number of likely N-dealkylation sites (tertiary alicyclic amines) is 1. The lowest BCUT2D eigenvalue weighted by molar-refractivity contribution is -0.159. The van der Waals surface area contributed by atoms with Gasteiger partial charge in [0.25, 0.3) is 11.5 Å². The van der Waals surface area contributed by atoms with Gasteiger partial charge < -0.3 is 9.64 Å². The third-order valence-electron chi connectivity index (χ3n) is 3.77. The Kier molecular flexibility index (Phi) is 5.72. The van der Waals surface area contributed by atoms with E-state index >= 15 is 0 Å². The molecule has 0 saturated carbocycles. The number of rotatable bonds is 4. The first kappa shape index (κ1) is 17.0. The first-order valence-electron chi connectivity index (χ1n) is 7.75. The van der Waals surface area contributed by atoms with Crippen molar-refractivity contribution in [3.63, 3.8) is 0 Å². The fraction of sp³-hybridized carbons (Fsp3) is 0.600. The van der Waals surface area contributed by atoms with Crippen LogP contribution in [0, 0.1) is 0 Å². The summed E-state index contributed by atoms with van der Waals surface area (Å²) in [5, 5.41) is 0. The highest BCUT2D eigenvalue weighted by Gasteiger charge is 2.24. The average molecular weight is 323 g/mol. The van der Waals surface area contributed by atoms with Crippen LogP contribution in [0.5, 0.6) is 0 Å². The van der Waals surface area contributed by atoms with Crippen LogP contribution in [0.3, 0.4) is 0 Å². The second-order valence-electron chi connectivity index (χ2n) is 5.61. The van der Waals surface area contributed by atoms with E-state index in [1.54, 1.807) is 4.90 Å². The molecule has 0 bridgehead atoms. The molecule has 1 aliphatic heterocycles. The van der Waals surface area contributed by atoms with Crippen LogP contribution in [0.2, 0.25) is 0 Å². The van der Waals surface area contributed by atoms with E-state index in [1.165, 1.54) is 13.1 Å². The lowest BCUT2D eigenvalue weighted by Gasteiger charge is -2.24. The minimum absolute atomic E-state index is 0.214. The summed E-state index contributed by atoms with van der Waals surface area (Å²) in [6.45, 7) is 2.54. The highest BCUT2D eigenvalue weighted by Crippen LogP contribution is 2.11. The van der Waals surface area contributed by atoms with Crippen molar-refractivity contribution in [3.05, 3.63) is 33.1 Å². The Bertz CT molecular complexity index is 670. The number of ether oxygens (including phenoxy) is 1. The number of amides is 1. The molecule has 0 radical (unpaired) electrons. The number of carbonyl (C=O) groups excluding carboxylic acids is 2. The number of esters is 1. The quantitative estimate of drug-likeness (QED) is 0.778. The predicted octanol–water partition coefficient (Wildman–Crippen LogP) is -0.129. The van der Waals surface area contributed by atoms with E-state index < -0.39 is 23.3 Å². The van der Waals surface area contributed by atoms with E-state index in [0.29, 0.717) is 13.1 Å². The molecule has 0 aliphatic carbocycles. The second kappa shape index (κ2) is 7.75. The molecule has 8 heteroatoms. The molecule has 2 rings (SSSR count). The molecule has 1 fully saturated rings. The van der Waals surface area contributed by atoms with Gasteiger partial charge in [-0.3, -0.25) is 23.9 Å². The number of carbonyl (C=O) groups is 2. The summed E-state index contributed by atoms with van der Waals surface area (Å²) >= 11 is 0. The van der Waals surface area contributed by atoms with E-state index in [1.807, 2.05) is 4.98 Å². The molecule has 1 saturated heterocycles. The van der Waals surface area contributed by atoms with Crippen molar-refractivity contribution in [3.8, 4) is 0 Å². The SMILES string of the molecule is C[C@H](OC(=O)Cn1ccc(=O)[nH]c1=O)C(=O)N1CCCCCC1. The lowest BCUT2D eigenvalue weighted by atomic mass is 10.2. The van der Waals surface area contributed by atoms with Crippen LogP contribution in [-0.2, 0) is 20.9 Å². The first-order chi connectivity index (χ1) is 11.0.